The number of aliphatic carboxylic acids is 1. The van der Waals surface area contributed by atoms with Crippen LogP contribution in [0.4, 0.5) is 0 Å². The van der Waals surface area contributed by atoms with Crippen LogP contribution < -0.4 is 0 Å². The lowest BCUT2D eigenvalue weighted by atomic mass is 10.0. The third-order valence-corrected chi connectivity index (χ3v) is 11.0. The highest BCUT2D eigenvalue weighted by atomic mass is 16.5. The van der Waals surface area contributed by atoms with Crippen molar-refractivity contribution in [2.24, 2.45) is 0 Å². The van der Waals surface area contributed by atoms with Gasteiger partial charge in [-0.05, 0) is 19.3 Å². The van der Waals surface area contributed by atoms with E-state index in [2.05, 4.69) is 20.8 Å². The smallest absolute Gasteiger partial charge is 0.305 e. The molecular weight excluding hydrogens is 653 g/mol. The molecule has 53 heavy (non-hydrogen) atoms. The molecule has 0 aromatic carbocycles. The van der Waals surface area contributed by atoms with Gasteiger partial charge >= 0.3 is 11.9 Å². The minimum absolute atomic E-state index is 0.0248. The van der Waals surface area contributed by atoms with E-state index < -0.39 is 5.97 Å². The normalized spacial score (nSPS) is 11.1. The quantitative estimate of drug-likeness (QED) is 0.0497. The van der Waals surface area contributed by atoms with Crippen molar-refractivity contribution >= 4 is 11.9 Å². The monoisotopic (exact) mass is 751 g/mol. The number of hydrogen-bond acceptors (Lipinski definition) is 3. The zero-order valence-corrected chi connectivity index (χ0v) is 36.8. The summed E-state index contributed by atoms with van der Waals surface area (Å²) >= 11 is 0. The van der Waals surface area contributed by atoms with Gasteiger partial charge in [-0.2, -0.15) is 0 Å². The van der Waals surface area contributed by atoms with Gasteiger partial charge in [0.1, 0.15) is 0 Å². The Balaban J connectivity index is 0. The van der Waals surface area contributed by atoms with Crippen LogP contribution >= 0.6 is 0 Å². The summed E-state index contributed by atoms with van der Waals surface area (Å²) in [6.45, 7) is 7.47. The van der Waals surface area contributed by atoms with E-state index >= 15 is 0 Å². The van der Waals surface area contributed by atoms with E-state index in [0.717, 1.165) is 25.7 Å². The summed E-state index contributed by atoms with van der Waals surface area (Å²) in [5.74, 6) is -0.628. The summed E-state index contributed by atoms with van der Waals surface area (Å²) in [5, 5.41) is 8.52. The second-order valence-electron chi connectivity index (χ2n) is 16.5. The molecule has 0 atom stereocenters. The molecular formula is C49H98O4. The molecule has 1 N–H and O–H groups in total. The SMILES string of the molecule is CCCCCCCCCCCCCCCCCC(=O)O.CCCCCCCCCCCCCCCCCC(=O)OCCCCCCCCCCCCC. The fourth-order valence-electron chi connectivity index (χ4n) is 7.31. The predicted octanol–water partition coefficient (Wildman–Crippen LogP) is 17.4. The molecule has 318 valence electrons. The van der Waals surface area contributed by atoms with E-state index in [9.17, 15) is 9.59 Å². The number of unbranched alkanes of at least 4 members (excludes halogenated alkanes) is 38. The number of carbonyl (C=O) groups is 2. The first-order chi connectivity index (χ1) is 26.1. The molecule has 0 heterocycles. The lowest BCUT2D eigenvalue weighted by Crippen LogP contribution is -2.05. The molecule has 0 radical (unpaired) electrons. The van der Waals surface area contributed by atoms with Crippen LogP contribution in [0, 0.1) is 0 Å². The molecule has 0 aromatic heterocycles. The number of carbonyl (C=O) groups excluding carboxylic acids is 1. The Kier molecular flexibility index (Phi) is 51.9. The molecule has 0 aliphatic rings. The average molecular weight is 751 g/mol. The highest BCUT2D eigenvalue weighted by Crippen LogP contribution is 2.16. The predicted molar refractivity (Wildman–Crippen MR) is 234 cm³/mol. The Morgan fingerprint density at radius 1 is 0.302 bits per heavy atom. The molecule has 0 aliphatic heterocycles. The largest absolute Gasteiger partial charge is 0.481 e. The van der Waals surface area contributed by atoms with Crippen molar-refractivity contribution in [2.75, 3.05) is 6.61 Å². The van der Waals surface area contributed by atoms with Crippen LogP contribution in [-0.4, -0.2) is 23.7 Å². The summed E-state index contributed by atoms with van der Waals surface area (Å²) in [4.78, 5) is 22.2. The first kappa shape index (κ1) is 54.0. The first-order valence-electron chi connectivity index (χ1n) is 24.5. The van der Waals surface area contributed by atoms with Crippen LogP contribution in [0.3, 0.4) is 0 Å². The van der Waals surface area contributed by atoms with E-state index in [-0.39, 0.29) is 5.97 Å². The summed E-state index contributed by atoms with van der Waals surface area (Å²) in [7, 11) is 0. The van der Waals surface area contributed by atoms with Gasteiger partial charge in [0.2, 0.25) is 0 Å². The van der Waals surface area contributed by atoms with Gasteiger partial charge in [-0.1, -0.05) is 265 Å². The molecule has 0 aromatic rings. The topological polar surface area (TPSA) is 63.6 Å². The Hall–Kier alpha value is -1.06. The Morgan fingerprint density at radius 2 is 0.509 bits per heavy atom. The summed E-state index contributed by atoms with van der Waals surface area (Å²) in [5.41, 5.74) is 0. The van der Waals surface area contributed by atoms with Crippen LogP contribution in [0.25, 0.3) is 0 Å². The van der Waals surface area contributed by atoms with Gasteiger partial charge in [-0.15, -0.1) is 0 Å². The fourth-order valence-corrected chi connectivity index (χ4v) is 7.31. The zero-order chi connectivity index (χ0) is 39.0. The molecule has 0 amide bonds. The highest BCUT2D eigenvalue weighted by Gasteiger charge is 2.03. The van der Waals surface area contributed by atoms with Gasteiger partial charge in [-0.3, -0.25) is 9.59 Å². The second-order valence-corrected chi connectivity index (χ2v) is 16.5. The maximum absolute atomic E-state index is 11.8. The standard InChI is InChI=1S/C31H62O2.C18H36O2/c1-3-5-7-9-11-13-15-16-17-18-19-21-23-25-27-29-31(32)33-30-28-26-24-22-20-14-12-10-8-6-4-2;1-2-3-4-5-6-7-8-9-10-11-12-13-14-15-16-17-18(19)20/h3-30H2,1-2H3;2-17H2,1H3,(H,19,20). The highest BCUT2D eigenvalue weighted by molar-refractivity contribution is 5.69. The van der Waals surface area contributed by atoms with E-state index in [0.29, 0.717) is 19.4 Å². The van der Waals surface area contributed by atoms with Crippen LogP contribution in [0.1, 0.15) is 297 Å². The van der Waals surface area contributed by atoms with Gasteiger partial charge in [-0.25, -0.2) is 0 Å². The van der Waals surface area contributed by atoms with Crippen LogP contribution in [-0.2, 0) is 14.3 Å². The third kappa shape index (κ3) is 55.4. The summed E-state index contributed by atoms with van der Waals surface area (Å²) in [6.07, 6.45) is 55.9. The molecule has 4 nitrogen and oxygen atoms in total. The first-order valence-corrected chi connectivity index (χ1v) is 24.5. The van der Waals surface area contributed by atoms with Gasteiger partial charge < -0.3 is 9.84 Å². The van der Waals surface area contributed by atoms with Crippen LogP contribution in [0.5, 0.6) is 0 Å². The van der Waals surface area contributed by atoms with Crippen molar-refractivity contribution in [1.82, 2.24) is 0 Å². The number of ether oxygens (including phenoxy) is 1. The van der Waals surface area contributed by atoms with Gasteiger partial charge in [0.15, 0.2) is 0 Å². The van der Waals surface area contributed by atoms with E-state index in [1.807, 2.05) is 0 Å². The molecule has 0 aliphatic carbocycles. The Labute approximate surface area is 333 Å². The van der Waals surface area contributed by atoms with Crippen molar-refractivity contribution in [2.45, 2.75) is 297 Å². The van der Waals surface area contributed by atoms with Crippen molar-refractivity contribution in [3.05, 3.63) is 0 Å². The summed E-state index contributed by atoms with van der Waals surface area (Å²) < 4.78 is 5.40. The number of carboxylic acid groups (broad SMARTS) is 1. The second kappa shape index (κ2) is 50.9. The number of rotatable bonds is 44. The van der Waals surface area contributed by atoms with Crippen LogP contribution in [0.15, 0.2) is 0 Å². The molecule has 0 saturated carbocycles. The maximum atomic E-state index is 11.8. The molecule has 0 bridgehead atoms. The third-order valence-electron chi connectivity index (χ3n) is 11.0. The van der Waals surface area contributed by atoms with E-state index in [4.69, 9.17) is 9.84 Å². The van der Waals surface area contributed by atoms with Crippen LogP contribution in [0.2, 0.25) is 0 Å². The van der Waals surface area contributed by atoms with Crippen molar-refractivity contribution in [1.29, 1.82) is 0 Å². The number of esters is 1. The van der Waals surface area contributed by atoms with Gasteiger partial charge in [0.05, 0.1) is 6.61 Å². The number of hydrogen-bond donors (Lipinski definition) is 1. The maximum Gasteiger partial charge on any atom is 0.305 e. The minimum atomic E-state index is -0.653. The molecule has 4 heteroatoms. The van der Waals surface area contributed by atoms with Crippen molar-refractivity contribution in [3.8, 4) is 0 Å². The average Bonchev–Trinajstić information content (AvgIpc) is 3.15. The van der Waals surface area contributed by atoms with Gasteiger partial charge in [0.25, 0.3) is 0 Å². The van der Waals surface area contributed by atoms with E-state index in [1.54, 1.807) is 0 Å². The summed E-state index contributed by atoms with van der Waals surface area (Å²) in [6, 6.07) is 0. The minimum Gasteiger partial charge on any atom is -0.481 e. The molecule has 0 saturated heterocycles. The van der Waals surface area contributed by atoms with Crippen molar-refractivity contribution < 1.29 is 19.4 Å². The lowest BCUT2D eigenvalue weighted by Gasteiger charge is -2.06. The Morgan fingerprint density at radius 3 is 0.755 bits per heavy atom. The zero-order valence-electron chi connectivity index (χ0n) is 36.8. The molecule has 0 unspecified atom stereocenters. The molecule has 0 rings (SSSR count). The number of carboxylic acids is 1. The molecule has 0 fully saturated rings. The lowest BCUT2D eigenvalue weighted by molar-refractivity contribution is -0.144. The molecule has 0 spiro atoms. The van der Waals surface area contributed by atoms with Crippen molar-refractivity contribution in [3.63, 3.8) is 0 Å². The van der Waals surface area contributed by atoms with Gasteiger partial charge in [0, 0.05) is 12.8 Å². The Bertz CT molecular complexity index is 677. The fraction of sp³-hybridized carbons (Fsp3) is 0.959. The van der Waals surface area contributed by atoms with E-state index in [1.165, 1.54) is 238 Å².